The van der Waals surface area contributed by atoms with Crippen molar-refractivity contribution in [2.45, 2.75) is 19.9 Å². The van der Waals surface area contributed by atoms with E-state index in [2.05, 4.69) is 5.32 Å². The molecule has 4 nitrogen and oxygen atoms in total. The topological polar surface area (TPSA) is 66.4 Å². The van der Waals surface area contributed by atoms with Gasteiger partial charge in [-0.1, -0.05) is 25.1 Å². The van der Waals surface area contributed by atoms with E-state index in [-0.39, 0.29) is 5.91 Å². The monoisotopic (exact) mass is 219 g/mol. The van der Waals surface area contributed by atoms with Crippen LogP contribution in [-0.4, -0.2) is 17.0 Å². The fraction of sp³-hybridized carbons (Fsp3) is 0.333. The number of carboxylic acids is 1. The quantitative estimate of drug-likeness (QED) is 0.802. The Hall–Kier alpha value is -1.84. The Morgan fingerprint density at radius 2 is 2.31 bits per heavy atom. The number of carboxylic acid groups (broad SMARTS) is 1. The third kappa shape index (κ3) is 1.78. The molecule has 0 spiro atoms. The Morgan fingerprint density at radius 1 is 1.56 bits per heavy atom. The Labute approximate surface area is 93.3 Å². The molecular formula is C12H13NO3. The van der Waals surface area contributed by atoms with Gasteiger partial charge in [0, 0.05) is 12.1 Å². The first kappa shape index (κ1) is 10.7. The SMILES string of the molecule is CC(Cc1cccc2c1C(=O)NC2)C(=O)O. The third-order valence-electron chi connectivity index (χ3n) is 2.85. The van der Waals surface area contributed by atoms with Crippen molar-refractivity contribution in [3.63, 3.8) is 0 Å². The first-order valence-corrected chi connectivity index (χ1v) is 5.21. The fourth-order valence-corrected chi connectivity index (χ4v) is 1.94. The van der Waals surface area contributed by atoms with E-state index in [9.17, 15) is 9.59 Å². The molecule has 4 heteroatoms. The summed E-state index contributed by atoms with van der Waals surface area (Å²) in [6, 6.07) is 5.58. The maximum Gasteiger partial charge on any atom is 0.306 e. The minimum Gasteiger partial charge on any atom is -0.481 e. The van der Waals surface area contributed by atoms with Crippen LogP contribution in [0.3, 0.4) is 0 Å². The van der Waals surface area contributed by atoms with E-state index in [0.29, 0.717) is 18.5 Å². The molecule has 0 bridgehead atoms. The first-order valence-electron chi connectivity index (χ1n) is 5.21. The van der Waals surface area contributed by atoms with Gasteiger partial charge in [-0.2, -0.15) is 0 Å². The van der Waals surface area contributed by atoms with Crippen molar-refractivity contribution < 1.29 is 14.7 Å². The molecule has 0 aromatic heterocycles. The highest BCUT2D eigenvalue weighted by Gasteiger charge is 2.23. The number of rotatable bonds is 3. The Morgan fingerprint density at radius 3 is 3.00 bits per heavy atom. The Balaban J connectivity index is 2.32. The van der Waals surface area contributed by atoms with Crippen LogP contribution in [0.2, 0.25) is 0 Å². The molecule has 16 heavy (non-hydrogen) atoms. The van der Waals surface area contributed by atoms with Crippen LogP contribution < -0.4 is 5.32 Å². The molecule has 1 heterocycles. The number of hydrogen-bond acceptors (Lipinski definition) is 2. The lowest BCUT2D eigenvalue weighted by atomic mass is 9.95. The summed E-state index contributed by atoms with van der Waals surface area (Å²) in [5.74, 6) is -1.40. The number of amides is 1. The molecule has 1 aromatic carbocycles. The van der Waals surface area contributed by atoms with E-state index in [4.69, 9.17) is 5.11 Å². The van der Waals surface area contributed by atoms with Gasteiger partial charge in [-0.3, -0.25) is 9.59 Å². The normalized spacial score (nSPS) is 15.4. The van der Waals surface area contributed by atoms with Gasteiger partial charge in [0.05, 0.1) is 5.92 Å². The second kappa shape index (κ2) is 3.96. The van der Waals surface area contributed by atoms with Crippen LogP contribution in [0.4, 0.5) is 0 Å². The van der Waals surface area contributed by atoms with Crippen molar-refractivity contribution in [3.05, 3.63) is 34.9 Å². The second-order valence-corrected chi connectivity index (χ2v) is 4.08. The van der Waals surface area contributed by atoms with Gasteiger partial charge in [-0.15, -0.1) is 0 Å². The molecule has 2 rings (SSSR count). The smallest absolute Gasteiger partial charge is 0.306 e. The molecule has 0 radical (unpaired) electrons. The number of fused-ring (bicyclic) bond motifs is 1. The maximum atomic E-state index is 11.6. The van der Waals surface area contributed by atoms with E-state index in [1.165, 1.54) is 0 Å². The van der Waals surface area contributed by atoms with Gasteiger partial charge in [0.2, 0.25) is 0 Å². The molecule has 0 saturated heterocycles. The molecule has 1 aliphatic heterocycles. The number of aliphatic carboxylic acids is 1. The maximum absolute atomic E-state index is 11.6. The average molecular weight is 219 g/mol. The number of hydrogen-bond donors (Lipinski definition) is 2. The highest BCUT2D eigenvalue weighted by molar-refractivity contribution is 5.99. The van der Waals surface area contributed by atoms with Gasteiger partial charge in [-0.25, -0.2) is 0 Å². The van der Waals surface area contributed by atoms with Gasteiger partial charge >= 0.3 is 5.97 Å². The Bertz CT molecular complexity index is 454. The summed E-state index contributed by atoms with van der Waals surface area (Å²) >= 11 is 0. The highest BCUT2D eigenvalue weighted by atomic mass is 16.4. The summed E-state index contributed by atoms with van der Waals surface area (Å²) in [4.78, 5) is 22.4. The molecule has 0 fully saturated rings. The van der Waals surface area contributed by atoms with Gasteiger partial charge in [-0.05, 0) is 17.5 Å². The van der Waals surface area contributed by atoms with Gasteiger partial charge in [0.25, 0.3) is 5.91 Å². The molecule has 1 atom stereocenters. The van der Waals surface area contributed by atoms with Crippen LogP contribution in [0.15, 0.2) is 18.2 Å². The lowest BCUT2D eigenvalue weighted by Crippen LogP contribution is -2.17. The van der Waals surface area contributed by atoms with Crippen molar-refractivity contribution in [2.75, 3.05) is 0 Å². The second-order valence-electron chi connectivity index (χ2n) is 4.08. The van der Waals surface area contributed by atoms with Crippen molar-refractivity contribution >= 4 is 11.9 Å². The van der Waals surface area contributed by atoms with Gasteiger partial charge < -0.3 is 10.4 Å². The largest absolute Gasteiger partial charge is 0.481 e. The lowest BCUT2D eigenvalue weighted by Gasteiger charge is -2.09. The van der Waals surface area contributed by atoms with E-state index in [0.717, 1.165) is 11.1 Å². The predicted octanol–water partition coefficient (Wildman–Crippen LogP) is 1.19. The molecule has 1 aliphatic rings. The Kier molecular flexibility index (Phi) is 2.64. The van der Waals surface area contributed by atoms with E-state index >= 15 is 0 Å². The first-order chi connectivity index (χ1) is 7.59. The molecule has 0 saturated carbocycles. The minimum atomic E-state index is -0.837. The van der Waals surface area contributed by atoms with Crippen LogP contribution in [0, 0.1) is 5.92 Å². The number of benzene rings is 1. The van der Waals surface area contributed by atoms with Crippen molar-refractivity contribution in [2.24, 2.45) is 5.92 Å². The summed E-state index contributed by atoms with van der Waals surface area (Å²) in [7, 11) is 0. The lowest BCUT2D eigenvalue weighted by molar-refractivity contribution is -0.141. The van der Waals surface area contributed by atoms with Crippen LogP contribution in [0.25, 0.3) is 0 Å². The zero-order valence-corrected chi connectivity index (χ0v) is 8.99. The van der Waals surface area contributed by atoms with Crippen LogP contribution in [0.5, 0.6) is 0 Å². The average Bonchev–Trinajstić information content (AvgIpc) is 2.61. The summed E-state index contributed by atoms with van der Waals surface area (Å²) in [5.41, 5.74) is 2.44. The van der Waals surface area contributed by atoms with Gasteiger partial charge in [0.1, 0.15) is 0 Å². The van der Waals surface area contributed by atoms with Crippen molar-refractivity contribution in [1.29, 1.82) is 0 Å². The standard InChI is InChI=1S/C12H13NO3/c1-7(12(15)16)5-8-3-2-4-9-6-13-11(14)10(8)9/h2-4,7H,5-6H2,1H3,(H,13,14)(H,15,16). The van der Waals surface area contributed by atoms with E-state index in [1.54, 1.807) is 6.92 Å². The summed E-state index contributed by atoms with van der Waals surface area (Å²) in [6.45, 7) is 2.19. The predicted molar refractivity (Wildman–Crippen MR) is 58.1 cm³/mol. The molecule has 0 aliphatic carbocycles. The fourth-order valence-electron chi connectivity index (χ4n) is 1.94. The summed E-state index contributed by atoms with van der Waals surface area (Å²) < 4.78 is 0. The number of carbonyl (C=O) groups excluding carboxylic acids is 1. The van der Waals surface area contributed by atoms with E-state index < -0.39 is 11.9 Å². The van der Waals surface area contributed by atoms with Crippen LogP contribution >= 0.6 is 0 Å². The molecule has 84 valence electrons. The molecular weight excluding hydrogens is 206 g/mol. The number of carbonyl (C=O) groups is 2. The van der Waals surface area contributed by atoms with Crippen molar-refractivity contribution in [3.8, 4) is 0 Å². The minimum absolute atomic E-state index is 0.0943. The van der Waals surface area contributed by atoms with Crippen molar-refractivity contribution in [1.82, 2.24) is 5.32 Å². The number of nitrogens with one attached hydrogen (secondary N) is 1. The van der Waals surface area contributed by atoms with Gasteiger partial charge in [0.15, 0.2) is 0 Å². The molecule has 1 unspecified atom stereocenters. The highest BCUT2D eigenvalue weighted by Crippen LogP contribution is 2.22. The molecule has 1 amide bonds. The zero-order chi connectivity index (χ0) is 11.7. The summed E-state index contributed by atoms with van der Waals surface area (Å²) in [5, 5.41) is 11.6. The zero-order valence-electron chi connectivity index (χ0n) is 8.99. The van der Waals surface area contributed by atoms with Crippen LogP contribution in [-0.2, 0) is 17.8 Å². The van der Waals surface area contributed by atoms with E-state index in [1.807, 2.05) is 18.2 Å². The van der Waals surface area contributed by atoms with Crippen LogP contribution in [0.1, 0.15) is 28.4 Å². The molecule has 2 N–H and O–H groups in total. The summed E-state index contributed by atoms with van der Waals surface area (Å²) in [6.07, 6.45) is 0.395. The molecule has 1 aromatic rings. The third-order valence-corrected chi connectivity index (χ3v) is 2.85.